The third-order valence-corrected chi connectivity index (χ3v) is 3.75. The van der Waals surface area contributed by atoms with E-state index in [0.29, 0.717) is 5.56 Å². The number of hydrogen-bond donors (Lipinski definition) is 1. The Hall–Kier alpha value is -3.02. The summed E-state index contributed by atoms with van der Waals surface area (Å²) in [6.07, 6.45) is 0. The van der Waals surface area contributed by atoms with Crippen LogP contribution in [0.1, 0.15) is 27.4 Å². The monoisotopic (exact) mass is 325 g/mol. The molecule has 1 aromatic heterocycles. The quantitative estimate of drug-likeness (QED) is 0.798. The Bertz CT molecular complexity index is 889. The third kappa shape index (κ3) is 3.32. The second kappa shape index (κ2) is 6.62. The van der Waals surface area contributed by atoms with Crippen molar-refractivity contribution >= 4 is 5.91 Å². The SMILES string of the molecule is Cc1ccc(C(=O)NCc2nc(-c3ccccc3F)no2)cc1C. The summed E-state index contributed by atoms with van der Waals surface area (Å²) >= 11 is 0. The van der Waals surface area contributed by atoms with E-state index >= 15 is 0 Å². The number of aryl methyl sites for hydroxylation is 2. The molecule has 0 fully saturated rings. The fourth-order valence-corrected chi connectivity index (χ4v) is 2.22. The fourth-order valence-electron chi connectivity index (χ4n) is 2.22. The van der Waals surface area contributed by atoms with Crippen LogP contribution in [0, 0.1) is 19.7 Å². The minimum absolute atomic E-state index is 0.0766. The molecular weight excluding hydrogens is 309 g/mol. The number of carbonyl (C=O) groups excluding carboxylic acids is 1. The summed E-state index contributed by atoms with van der Waals surface area (Å²) in [7, 11) is 0. The predicted octanol–water partition coefficient (Wildman–Crippen LogP) is 3.42. The molecule has 5 nitrogen and oxygen atoms in total. The first-order valence-electron chi connectivity index (χ1n) is 7.47. The van der Waals surface area contributed by atoms with E-state index in [2.05, 4.69) is 15.5 Å². The smallest absolute Gasteiger partial charge is 0.251 e. The molecule has 122 valence electrons. The number of carbonyl (C=O) groups is 1. The van der Waals surface area contributed by atoms with Gasteiger partial charge in [-0.3, -0.25) is 4.79 Å². The summed E-state index contributed by atoms with van der Waals surface area (Å²) in [5, 5.41) is 6.46. The van der Waals surface area contributed by atoms with Crippen LogP contribution in [0.5, 0.6) is 0 Å². The largest absolute Gasteiger partial charge is 0.343 e. The number of aromatic nitrogens is 2. The molecule has 1 heterocycles. The molecule has 0 saturated heterocycles. The van der Waals surface area contributed by atoms with E-state index in [-0.39, 0.29) is 29.7 Å². The number of hydrogen-bond acceptors (Lipinski definition) is 4. The number of nitrogens with one attached hydrogen (secondary N) is 1. The zero-order chi connectivity index (χ0) is 17.1. The highest BCUT2D eigenvalue weighted by molar-refractivity contribution is 5.94. The molecule has 6 heteroatoms. The molecule has 0 atom stereocenters. The molecular formula is C18H16FN3O2. The van der Waals surface area contributed by atoms with Crippen molar-refractivity contribution in [3.05, 3.63) is 70.9 Å². The summed E-state index contributed by atoms with van der Waals surface area (Å²) in [6, 6.07) is 11.6. The summed E-state index contributed by atoms with van der Waals surface area (Å²) in [5.74, 6) is -0.290. The standard InChI is InChI=1S/C18H16FN3O2/c1-11-7-8-13(9-12(11)2)18(23)20-10-16-21-17(22-24-16)14-5-3-4-6-15(14)19/h3-9H,10H2,1-2H3,(H,20,23). The molecule has 0 aliphatic rings. The van der Waals surface area contributed by atoms with Crippen LogP contribution in [0.15, 0.2) is 47.0 Å². The molecule has 1 amide bonds. The Kier molecular flexibility index (Phi) is 4.37. The van der Waals surface area contributed by atoms with Crippen LogP contribution in [0.3, 0.4) is 0 Å². The third-order valence-electron chi connectivity index (χ3n) is 3.75. The highest BCUT2D eigenvalue weighted by Crippen LogP contribution is 2.19. The molecule has 24 heavy (non-hydrogen) atoms. The molecule has 0 bridgehead atoms. The van der Waals surface area contributed by atoms with Gasteiger partial charge in [-0.15, -0.1) is 0 Å². The van der Waals surface area contributed by atoms with E-state index < -0.39 is 5.82 Å². The molecule has 1 N–H and O–H groups in total. The molecule has 3 rings (SSSR count). The van der Waals surface area contributed by atoms with Crippen molar-refractivity contribution in [2.24, 2.45) is 0 Å². The minimum atomic E-state index is -0.427. The Balaban J connectivity index is 1.68. The van der Waals surface area contributed by atoms with Crippen LogP contribution in [0.25, 0.3) is 11.4 Å². The van der Waals surface area contributed by atoms with Crippen LogP contribution in [-0.2, 0) is 6.54 Å². The lowest BCUT2D eigenvalue weighted by atomic mass is 10.1. The first kappa shape index (κ1) is 15.9. The number of halogens is 1. The number of nitrogens with zero attached hydrogens (tertiary/aromatic N) is 2. The fraction of sp³-hybridized carbons (Fsp3) is 0.167. The maximum atomic E-state index is 13.7. The van der Waals surface area contributed by atoms with Crippen LogP contribution in [0.4, 0.5) is 4.39 Å². The molecule has 0 aliphatic carbocycles. The number of benzene rings is 2. The van der Waals surface area contributed by atoms with E-state index in [1.54, 1.807) is 24.3 Å². The van der Waals surface area contributed by atoms with Gasteiger partial charge in [-0.05, 0) is 49.2 Å². The topological polar surface area (TPSA) is 68.0 Å². The van der Waals surface area contributed by atoms with Crippen molar-refractivity contribution in [2.45, 2.75) is 20.4 Å². The van der Waals surface area contributed by atoms with Gasteiger partial charge in [0.2, 0.25) is 11.7 Å². The Morgan fingerprint density at radius 1 is 1.17 bits per heavy atom. The average molecular weight is 325 g/mol. The van der Waals surface area contributed by atoms with Gasteiger partial charge in [0.15, 0.2) is 0 Å². The van der Waals surface area contributed by atoms with E-state index in [4.69, 9.17) is 4.52 Å². The van der Waals surface area contributed by atoms with Crippen molar-refractivity contribution in [3.63, 3.8) is 0 Å². The van der Waals surface area contributed by atoms with Gasteiger partial charge in [-0.1, -0.05) is 23.4 Å². The van der Waals surface area contributed by atoms with Crippen molar-refractivity contribution < 1.29 is 13.7 Å². The van der Waals surface area contributed by atoms with Crippen LogP contribution >= 0.6 is 0 Å². The predicted molar refractivity (Wildman–Crippen MR) is 86.8 cm³/mol. The highest BCUT2D eigenvalue weighted by atomic mass is 19.1. The van der Waals surface area contributed by atoms with Gasteiger partial charge in [0.1, 0.15) is 5.82 Å². The summed E-state index contributed by atoms with van der Waals surface area (Å²) < 4.78 is 18.8. The van der Waals surface area contributed by atoms with Gasteiger partial charge >= 0.3 is 0 Å². The maximum absolute atomic E-state index is 13.7. The van der Waals surface area contributed by atoms with Crippen molar-refractivity contribution in [3.8, 4) is 11.4 Å². The summed E-state index contributed by atoms with van der Waals surface area (Å²) in [6.45, 7) is 4.01. The van der Waals surface area contributed by atoms with Crippen LogP contribution < -0.4 is 5.32 Å². The molecule has 2 aromatic carbocycles. The molecule has 0 aliphatic heterocycles. The summed E-state index contributed by atoms with van der Waals surface area (Å²) in [5.41, 5.74) is 2.99. The minimum Gasteiger partial charge on any atom is -0.343 e. The lowest BCUT2D eigenvalue weighted by Crippen LogP contribution is -2.23. The lowest BCUT2D eigenvalue weighted by Gasteiger charge is -2.05. The zero-order valence-corrected chi connectivity index (χ0v) is 13.3. The second-order valence-corrected chi connectivity index (χ2v) is 5.47. The molecule has 3 aromatic rings. The molecule has 0 radical (unpaired) electrons. The van der Waals surface area contributed by atoms with Crippen molar-refractivity contribution in [2.75, 3.05) is 0 Å². The molecule has 0 unspecified atom stereocenters. The highest BCUT2D eigenvalue weighted by Gasteiger charge is 2.13. The molecule has 0 spiro atoms. The van der Waals surface area contributed by atoms with E-state index in [9.17, 15) is 9.18 Å². The summed E-state index contributed by atoms with van der Waals surface area (Å²) in [4.78, 5) is 16.3. The van der Waals surface area contributed by atoms with E-state index in [1.165, 1.54) is 6.07 Å². The second-order valence-electron chi connectivity index (χ2n) is 5.47. The van der Waals surface area contributed by atoms with Gasteiger partial charge in [0, 0.05) is 5.56 Å². The van der Waals surface area contributed by atoms with Crippen molar-refractivity contribution in [1.82, 2.24) is 15.5 Å². The van der Waals surface area contributed by atoms with Gasteiger partial charge in [-0.2, -0.15) is 4.98 Å². The lowest BCUT2D eigenvalue weighted by molar-refractivity contribution is 0.0946. The maximum Gasteiger partial charge on any atom is 0.251 e. The van der Waals surface area contributed by atoms with Gasteiger partial charge < -0.3 is 9.84 Å². The van der Waals surface area contributed by atoms with E-state index in [1.807, 2.05) is 26.0 Å². The number of amides is 1. The molecule has 0 saturated carbocycles. The van der Waals surface area contributed by atoms with Gasteiger partial charge in [-0.25, -0.2) is 4.39 Å². The Morgan fingerprint density at radius 2 is 1.96 bits per heavy atom. The Labute approximate surface area is 138 Å². The van der Waals surface area contributed by atoms with Crippen LogP contribution in [-0.4, -0.2) is 16.0 Å². The average Bonchev–Trinajstić information content (AvgIpc) is 3.04. The Morgan fingerprint density at radius 3 is 2.71 bits per heavy atom. The zero-order valence-electron chi connectivity index (χ0n) is 13.3. The van der Waals surface area contributed by atoms with Gasteiger partial charge in [0.25, 0.3) is 5.91 Å². The van der Waals surface area contributed by atoms with Crippen LogP contribution in [0.2, 0.25) is 0 Å². The van der Waals surface area contributed by atoms with Crippen molar-refractivity contribution in [1.29, 1.82) is 0 Å². The van der Waals surface area contributed by atoms with E-state index in [0.717, 1.165) is 11.1 Å². The normalized spacial score (nSPS) is 10.6. The first-order chi connectivity index (χ1) is 11.5. The first-order valence-corrected chi connectivity index (χ1v) is 7.47. The van der Waals surface area contributed by atoms with Gasteiger partial charge in [0.05, 0.1) is 12.1 Å². The number of rotatable bonds is 4.